The molecule has 0 aromatic heterocycles. The second-order valence-corrected chi connectivity index (χ2v) is 4.87. The predicted octanol–water partition coefficient (Wildman–Crippen LogP) is 1.33. The van der Waals surface area contributed by atoms with Crippen LogP contribution in [-0.4, -0.2) is 37.6 Å². The first-order valence-electron chi connectivity index (χ1n) is 5.77. The lowest BCUT2D eigenvalue weighted by atomic mass is 9.98. The first-order valence-corrected chi connectivity index (χ1v) is 5.77. The zero-order valence-electron chi connectivity index (χ0n) is 8.76. The SMILES string of the molecule is C[C@@H]1CCCN(CC2CCNC2)C1. The van der Waals surface area contributed by atoms with E-state index in [9.17, 15) is 0 Å². The Morgan fingerprint density at radius 3 is 3.00 bits per heavy atom. The summed E-state index contributed by atoms with van der Waals surface area (Å²) in [4.78, 5) is 2.67. The summed E-state index contributed by atoms with van der Waals surface area (Å²) in [5.41, 5.74) is 0. The molecular weight excluding hydrogens is 160 g/mol. The number of nitrogens with zero attached hydrogens (tertiary/aromatic N) is 1. The van der Waals surface area contributed by atoms with E-state index >= 15 is 0 Å². The Labute approximate surface area is 81.7 Å². The van der Waals surface area contributed by atoms with Crippen LogP contribution in [0, 0.1) is 11.8 Å². The Kier molecular flexibility index (Phi) is 3.23. The standard InChI is InChI=1S/C11H22N2/c1-10-3-2-6-13(8-10)9-11-4-5-12-7-11/h10-12H,2-9H2,1H3/t10-,11?/m1/s1. The molecule has 2 atom stereocenters. The minimum atomic E-state index is 0.933. The van der Waals surface area contributed by atoms with E-state index in [0.717, 1.165) is 11.8 Å². The summed E-state index contributed by atoms with van der Waals surface area (Å²) in [6.07, 6.45) is 4.26. The molecule has 2 heteroatoms. The van der Waals surface area contributed by atoms with Gasteiger partial charge >= 0.3 is 0 Å². The molecular formula is C11H22N2. The molecule has 2 saturated heterocycles. The summed E-state index contributed by atoms with van der Waals surface area (Å²) in [6.45, 7) is 8.92. The van der Waals surface area contributed by atoms with Crippen LogP contribution in [0.5, 0.6) is 0 Å². The van der Waals surface area contributed by atoms with Gasteiger partial charge < -0.3 is 10.2 Å². The molecule has 0 aromatic carbocycles. The highest BCUT2D eigenvalue weighted by atomic mass is 15.1. The van der Waals surface area contributed by atoms with Crippen molar-refractivity contribution < 1.29 is 0 Å². The van der Waals surface area contributed by atoms with E-state index in [4.69, 9.17) is 0 Å². The predicted molar refractivity (Wildman–Crippen MR) is 55.8 cm³/mol. The third kappa shape index (κ3) is 2.68. The fourth-order valence-electron chi connectivity index (χ4n) is 2.69. The quantitative estimate of drug-likeness (QED) is 0.693. The van der Waals surface area contributed by atoms with E-state index in [2.05, 4.69) is 17.1 Å². The van der Waals surface area contributed by atoms with Crippen molar-refractivity contribution in [1.29, 1.82) is 0 Å². The van der Waals surface area contributed by atoms with Crippen molar-refractivity contribution in [1.82, 2.24) is 10.2 Å². The molecule has 2 aliphatic rings. The Hall–Kier alpha value is -0.0800. The molecule has 0 spiro atoms. The van der Waals surface area contributed by atoms with E-state index in [1.165, 1.54) is 52.0 Å². The normalized spacial score (nSPS) is 36.7. The molecule has 0 aliphatic carbocycles. The van der Waals surface area contributed by atoms with Gasteiger partial charge in [-0.2, -0.15) is 0 Å². The highest BCUT2D eigenvalue weighted by Gasteiger charge is 2.21. The van der Waals surface area contributed by atoms with E-state index in [-0.39, 0.29) is 0 Å². The van der Waals surface area contributed by atoms with Crippen molar-refractivity contribution >= 4 is 0 Å². The Morgan fingerprint density at radius 1 is 1.38 bits per heavy atom. The van der Waals surface area contributed by atoms with Crippen LogP contribution >= 0.6 is 0 Å². The maximum atomic E-state index is 3.45. The molecule has 2 nitrogen and oxygen atoms in total. The van der Waals surface area contributed by atoms with Gasteiger partial charge in [-0.05, 0) is 50.7 Å². The van der Waals surface area contributed by atoms with Gasteiger partial charge in [0.1, 0.15) is 0 Å². The molecule has 2 fully saturated rings. The zero-order chi connectivity index (χ0) is 9.10. The van der Waals surface area contributed by atoms with Crippen LogP contribution in [0.1, 0.15) is 26.2 Å². The third-order valence-electron chi connectivity index (χ3n) is 3.42. The van der Waals surface area contributed by atoms with Gasteiger partial charge in [0.05, 0.1) is 0 Å². The van der Waals surface area contributed by atoms with Gasteiger partial charge in [0.2, 0.25) is 0 Å². The monoisotopic (exact) mass is 182 g/mol. The lowest BCUT2D eigenvalue weighted by Gasteiger charge is -2.32. The molecule has 13 heavy (non-hydrogen) atoms. The molecule has 76 valence electrons. The van der Waals surface area contributed by atoms with Crippen LogP contribution in [-0.2, 0) is 0 Å². The maximum Gasteiger partial charge on any atom is 0.00224 e. The number of rotatable bonds is 2. The molecule has 1 N–H and O–H groups in total. The van der Waals surface area contributed by atoms with Crippen molar-refractivity contribution in [2.75, 3.05) is 32.7 Å². The Morgan fingerprint density at radius 2 is 2.31 bits per heavy atom. The summed E-state index contributed by atoms with van der Waals surface area (Å²) in [7, 11) is 0. The van der Waals surface area contributed by atoms with Crippen molar-refractivity contribution in [3.63, 3.8) is 0 Å². The second-order valence-electron chi connectivity index (χ2n) is 4.87. The second kappa shape index (κ2) is 4.43. The summed E-state index contributed by atoms with van der Waals surface area (Å²) in [5.74, 6) is 1.87. The van der Waals surface area contributed by atoms with E-state index in [1.807, 2.05) is 0 Å². The number of piperidine rings is 1. The number of hydrogen-bond donors (Lipinski definition) is 1. The average Bonchev–Trinajstić information content (AvgIpc) is 2.57. The highest BCUT2D eigenvalue weighted by Crippen LogP contribution is 2.18. The van der Waals surface area contributed by atoms with Crippen molar-refractivity contribution in [3.05, 3.63) is 0 Å². The van der Waals surface area contributed by atoms with Crippen LogP contribution in [0.2, 0.25) is 0 Å². The largest absolute Gasteiger partial charge is 0.316 e. The third-order valence-corrected chi connectivity index (χ3v) is 3.42. The molecule has 2 aliphatic heterocycles. The van der Waals surface area contributed by atoms with Crippen LogP contribution in [0.4, 0.5) is 0 Å². The fourth-order valence-corrected chi connectivity index (χ4v) is 2.69. The molecule has 0 amide bonds. The molecule has 0 bridgehead atoms. The molecule has 2 heterocycles. The summed E-state index contributed by atoms with van der Waals surface area (Å²) in [6, 6.07) is 0. The van der Waals surface area contributed by atoms with Crippen molar-refractivity contribution in [2.45, 2.75) is 26.2 Å². The van der Waals surface area contributed by atoms with Crippen LogP contribution in [0.25, 0.3) is 0 Å². The minimum absolute atomic E-state index is 0.933. The smallest absolute Gasteiger partial charge is 0.00224 e. The van der Waals surface area contributed by atoms with Gasteiger partial charge in [0.15, 0.2) is 0 Å². The van der Waals surface area contributed by atoms with Crippen molar-refractivity contribution in [2.24, 2.45) is 11.8 Å². The first kappa shape index (κ1) is 9.47. The van der Waals surface area contributed by atoms with Gasteiger partial charge in [0, 0.05) is 13.1 Å². The number of nitrogens with one attached hydrogen (secondary N) is 1. The van der Waals surface area contributed by atoms with E-state index in [1.54, 1.807) is 0 Å². The summed E-state index contributed by atoms with van der Waals surface area (Å²) < 4.78 is 0. The molecule has 0 radical (unpaired) electrons. The molecule has 0 aromatic rings. The highest BCUT2D eigenvalue weighted by molar-refractivity contribution is 4.77. The van der Waals surface area contributed by atoms with E-state index < -0.39 is 0 Å². The number of hydrogen-bond acceptors (Lipinski definition) is 2. The number of likely N-dealkylation sites (tertiary alicyclic amines) is 1. The molecule has 2 rings (SSSR count). The fraction of sp³-hybridized carbons (Fsp3) is 1.00. The topological polar surface area (TPSA) is 15.3 Å². The van der Waals surface area contributed by atoms with Gasteiger partial charge in [-0.1, -0.05) is 6.92 Å². The van der Waals surface area contributed by atoms with Crippen molar-refractivity contribution in [3.8, 4) is 0 Å². The lowest BCUT2D eigenvalue weighted by molar-refractivity contribution is 0.163. The van der Waals surface area contributed by atoms with Gasteiger partial charge in [-0.15, -0.1) is 0 Å². The zero-order valence-corrected chi connectivity index (χ0v) is 8.76. The Balaban J connectivity index is 1.73. The molecule has 1 unspecified atom stereocenters. The summed E-state index contributed by atoms with van der Waals surface area (Å²) in [5, 5.41) is 3.45. The first-order chi connectivity index (χ1) is 6.34. The van der Waals surface area contributed by atoms with E-state index in [0.29, 0.717) is 0 Å². The lowest BCUT2D eigenvalue weighted by Crippen LogP contribution is -2.38. The van der Waals surface area contributed by atoms with Crippen LogP contribution in [0.15, 0.2) is 0 Å². The Bertz CT molecular complexity index is 152. The molecule has 0 saturated carbocycles. The van der Waals surface area contributed by atoms with Crippen LogP contribution < -0.4 is 5.32 Å². The average molecular weight is 182 g/mol. The minimum Gasteiger partial charge on any atom is -0.316 e. The van der Waals surface area contributed by atoms with Crippen LogP contribution in [0.3, 0.4) is 0 Å². The van der Waals surface area contributed by atoms with Gasteiger partial charge in [0.25, 0.3) is 0 Å². The van der Waals surface area contributed by atoms with Gasteiger partial charge in [-0.3, -0.25) is 0 Å². The maximum absolute atomic E-state index is 3.45. The van der Waals surface area contributed by atoms with Gasteiger partial charge in [-0.25, -0.2) is 0 Å². The summed E-state index contributed by atoms with van der Waals surface area (Å²) >= 11 is 0.